The van der Waals surface area contributed by atoms with Crippen LogP contribution in [0.3, 0.4) is 0 Å². The molecule has 0 radical (unpaired) electrons. The van der Waals surface area contributed by atoms with Gasteiger partial charge >= 0.3 is 0 Å². The minimum absolute atomic E-state index is 0.185. The number of fused-ring (bicyclic) bond motifs is 1. The third-order valence-corrected chi connectivity index (χ3v) is 6.27. The molecular weight excluding hydrogens is 428 g/mol. The molecule has 2 aromatic heterocycles. The molecule has 0 fully saturated rings. The van der Waals surface area contributed by atoms with Crippen LogP contribution in [-0.4, -0.2) is 40.4 Å². The molecule has 0 aliphatic carbocycles. The fourth-order valence-electron chi connectivity index (χ4n) is 4.44. The fraction of sp³-hybridized carbons (Fsp3) is 0.222. The van der Waals surface area contributed by atoms with E-state index < -0.39 is 0 Å². The summed E-state index contributed by atoms with van der Waals surface area (Å²) in [5.41, 5.74) is 5.21. The van der Waals surface area contributed by atoms with E-state index in [1.54, 1.807) is 31.5 Å². The van der Waals surface area contributed by atoms with E-state index in [1.807, 2.05) is 62.5 Å². The highest BCUT2D eigenvalue weighted by molar-refractivity contribution is 6.05. The van der Waals surface area contributed by atoms with Gasteiger partial charge in [-0.15, -0.1) is 0 Å². The van der Waals surface area contributed by atoms with E-state index in [9.17, 15) is 4.79 Å². The van der Waals surface area contributed by atoms with Crippen LogP contribution in [0.1, 0.15) is 39.6 Å². The Hall–Kier alpha value is -4.13. The molecule has 1 aliphatic heterocycles. The van der Waals surface area contributed by atoms with Gasteiger partial charge in [-0.1, -0.05) is 12.1 Å². The average molecular weight is 455 g/mol. The minimum Gasteiger partial charge on any atom is -0.497 e. The van der Waals surface area contributed by atoms with Gasteiger partial charge in [0.2, 0.25) is 0 Å². The molecule has 0 saturated carbocycles. The van der Waals surface area contributed by atoms with Gasteiger partial charge in [0.1, 0.15) is 11.5 Å². The highest BCUT2D eigenvalue weighted by atomic mass is 16.5. The lowest BCUT2D eigenvalue weighted by Gasteiger charge is -2.21. The van der Waals surface area contributed by atoms with E-state index in [2.05, 4.69) is 15.7 Å². The van der Waals surface area contributed by atoms with Crippen molar-refractivity contribution in [1.29, 1.82) is 0 Å². The van der Waals surface area contributed by atoms with Crippen molar-refractivity contribution in [2.24, 2.45) is 12.1 Å². The molecule has 3 heterocycles. The van der Waals surface area contributed by atoms with Gasteiger partial charge in [0.05, 0.1) is 31.5 Å². The van der Waals surface area contributed by atoms with E-state index in [1.165, 1.54) is 0 Å². The molecule has 1 atom stereocenters. The van der Waals surface area contributed by atoms with E-state index in [-0.39, 0.29) is 11.9 Å². The van der Waals surface area contributed by atoms with Gasteiger partial charge in [-0.2, -0.15) is 5.10 Å². The van der Waals surface area contributed by atoms with Crippen LogP contribution in [0.5, 0.6) is 11.5 Å². The molecule has 0 spiro atoms. The zero-order valence-electron chi connectivity index (χ0n) is 19.6. The Morgan fingerprint density at radius 3 is 2.56 bits per heavy atom. The third-order valence-electron chi connectivity index (χ3n) is 6.27. The zero-order valence-corrected chi connectivity index (χ0v) is 19.6. The van der Waals surface area contributed by atoms with Gasteiger partial charge < -0.3 is 14.0 Å². The molecule has 1 amide bonds. The highest BCUT2D eigenvalue weighted by Crippen LogP contribution is 2.39. The van der Waals surface area contributed by atoms with Crippen LogP contribution >= 0.6 is 0 Å². The number of amides is 1. The first kappa shape index (κ1) is 21.7. The second kappa shape index (κ2) is 8.67. The summed E-state index contributed by atoms with van der Waals surface area (Å²) in [5.74, 6) is 1.34. The average Bonchev–Trinajstić information content (AvgIpc) is 3.45. The molecule has 0 N–H and O–H groups in total. The SMILES string of the molecule is COc1cccc(C2=NN(C(=O)c3ccc(C)nc3)C(c3cn(C)c4ccc(OC)cc34)C2)c1. The largest absolute Gasteiger partial charge is 0.497 e. The Kier molecular flexibility index (Phi) is 5.53. The predicted octanol–water partition coefficient (Wildman–Crippen LogP) is 4.89. The number of nitrogens with zero attached hydrogens (tertiary/aromatic N) is 4. The number of pyridine rings is 1. The number of methoxy groups -OCH3 is 2. The summed E-state index contributed by atoms with van der Waals surface area (Å²) in [6.45, 7) is 1.90. The predicted molar refractivity (Wildman–Crippen MR) is 132 cm³/mol. The Morgan fingerprint density at radius 2 is 1.82 bits per heavy atom. The van der Waals surface area contributed by atoms with Crippen molar-refractivity contribution in [3.05, 3.63) is 89.4 Å². The number of carbonyl (C=O) groups excluding carboxylic acids is 1. The Balaban J connectivity index is 1.62. The van der Waals surface area contributed by atoms with Crippen molar-refractivity contribution >= 4 is 22.5 Å². The van der Waals surface area contributed by atoms with E-state index >= 15 is 0 Å². The quantitative estimate of drug-likeness (QED) is 0.431. The highest BCUT2D eigenvalue weighted by Gasteiger charge is 2.35. The van der Waals surface area contributed by atoms with Crippen LogP contribution in [0.15, 0.2) is 72.1 Å². The second-order valence-corrected chi connectivity index (χ2v) is 8.41. The van der Waals surface area contributed by atoms with Crippen LogP contribution in [-0.2, 0) is 7.05 Å². The summed E-state index contributed by atoms with van der Waals surface area (Å²) < 4.78 is 13.0. The number of hydrogen-bond donors (Lipinski definition) is 0. The number of ether oxygens (including phenoxy) is 2. The third kappa shape index (κ3) is 3.79. The van der Waals surface area contributed by atoms with Gasteiger partial charge in [-0.05, 0) is 49.4 Å². The lowest BCUT2D eigenvalue weighted by molar-refractivity contribution is 0.0711. The molecule has 1 aliphatic rings. The molecule has 5 rings (SSSR count). The van der Waals surface area contributed by atoms with Crippen molar-refractivity contribution in [3.63, 3.8) is 0 Å². The summed E-state index contributed by atoms with van der Waals surface area (Å²) >= 11 is 0. The molecule has 1 unspecified atom stereocenters. The van der Waals surface area contributed by atoms with Crippen LogP contribution in [0, 0.1) is 6.92 Å². The van der Waals surface area contributed by atoms with Crippen molar-refractivity contribution in [2.75, 3.05) is 14.2 Å². The van der Waals surface area contributed by atoms with Crippen LogP contribution in [0.25, 0.3) is 10.9 Å². The Morgan fingerprint density at radius 1 is 1.03 bits per heavy atom. The molecule has 0 saturated heterocycles. The number of aromatic nitrogens is 2. The molecular formula is C27H26N4O3. The van der Waals surface area contributed by atoms with Gasteiger partial charge in [-0.25, -0.2) is 5.01 Å². The first-order valence-electron chi connectivity index (χ1n) is 11.1. The molecule has 34 heavy (non-hydrogen) atoms. The molecule has 172 valence electrons. The molecule has 4 aromatic rings. The van der Waals surface area contributed by atoms with Crippen LogP contribution < -0.4 is 9.47 Å². The van der Waals surface area contributed by atoms with E-state index in [0.29, 0.717) is 12.0 Å². The Bertz CT molecular complexity index is 1410. The summed E-state index contributed by atoms with van der Waals surface area (Å²) in [7, 11) is 5.30. The van der Waals surface area contributed by atoms with Gasteiger partial charge in [0.25, 0.3) is 5.91 Å². The minimum atomic E-state index is -0.272. The lowest BCUT2D eigenvalue weighted by Crippen LogP contribution is -2.27. The van der Waals surface area contributed by atoms with Gasteiger partial charge in [0, 0.05) is 53.6 Å². The number of hydrogen-bond acceptors (Lipinski definition) is 5. The van der Waals surface area contributed by atoms with Crippen molar-refractivity contribution < 1.29 is 14.3 Å². The topological polar surface area (TPSA) is 69.0 Å². The molecule has 7 nitrogen and oxygen atoms in total. The number of hydrazone groups is 1. The summed E-state index contributed by atoms with van der Waals surface area (Å²) in [6.07, 6.45) is 4.26. The fourth-order valence-corrected chi connectivity index (χ4v) is 4.44. The number of carbonyl (C=O) groups is 1. The summed E-state index contributed by atoms with van der Waals surface area (Å²) in [4.78, 5) is 17.9. The van der Waals surface area contributed by atoms with E-state index in [0.717, 1.165) is 44.9 Å². The van der Waals surface area contributed by atoms with Crippen LogP contribution in [0.4, 0.5) is 0 Å². The smallest absolute Gasteiger partial charge is 0.276 e. The first-order valence-corrected chi connectivity index (χ1v) is 11.1. The first-order chi connectivity index (χ1) is 16.5. The van der Waals surface area contributed by atoms with Crippen molar-refractivity contribution in [3.8, 4) is 11.5 Å². The second-order valence-electron chi connectivity index (χ2n) is 8.41. The number of aryl methyl sites for hydroxylation is 2. The summed E-state index contributed by atoms with van der Waals surface area (Å²) in [5, 5.41) is 7.45. The molecule has 7 heteroatoms. The van der Waals surface area contributed by atoms with Crippen LogP contribution in [0.2, 0.25) is 0 Å². The lowest BCUT2D eigenvalue weighted by atomic mass is 9.97. The standard InChI is InChI=1S/C27H26N4O3/c1-17-8-9-19(15-28-17)27(32)31-26(14-24(29-31)18-6-5-7-20(12-18)33-3)23-16-30(2)25-11-10-21(34-4)13-22(23)25/h5-13,15-16,26H,14H2,1-4H3. The molecule has 0 bridgehead atoms. The van der Waals surface area contributed by atoms with Gasteiger partial charge in [-0.3, -0.25) is 9.78 Å². The zero-order chi connectivity index (χ0) is 23.8. The number of benzene rings is 2. The van der Waals surface area contributed by atoms with E-state index in [4.69, 9.17) is 14.6 Å². The monoisotopic (exact) mass is 454 g/mol. The maximum absolute atomic E-state index is 13.6. The number of rotatable bonds is 5. The normalized spacial score (nSPS) is 15.5. The van der Waals surface area contributed by atoms with Crippen molar-refractivity contribution in [2.45, 2.75) is 19.4 Å². The maximum atomic E-state index is 13.6. The van der Waals surface area contributed by atoms with Gasteiger partial charge in [0.15, 0.2) is 0 Å². The molecule has 2 aromatic carbocycles. The Labute approximate surface area is 198 Å². The van der Waals surface area contributed by atoms with Crippen molar-refractivity contribution in [1.82, 2.24) is 14.6 Å². The maximum Gasteiger partial charge on any atom is 0.276 e. The summed E-state index contributed by atoms with van der Waals surface area (Å²) in [6, 6.07) is 17.1.